The van der Waals surface area contributed by atoms with Crippen molar-refractivity contribution in [1.29, 1.82) is 0 Å². The summed E-state index contributed by atoms with van der Waals surface area (Å²) >= 11 is 0. The maximum atomic E-state index is 11.5. The van der Waals surface area contributed by atoms with E-state index in [1.54, 1.807) is 6.92 Å². The molecule has 0 heterocycles. The first-order chi connectivity index (χ1) is 7.11. The molecule has 0 bridgehead atoms. The number of ketones is 1. The Labute approximate surface area is 90.3 Å². The van der Waals surface area contributed by atoms with E-state index < -0.39 is 6.10 Å². The predicted octanol–water partition coefficient (Wildman–Crippen LogP) is 2.13. The first-order valence-electron chi connectivity index (χ1n) is 5.05. The Morgan fingerprint density at radius 2 is 2.00 bits per heavy atom. The highest BCUT2D eigenvalue weighted by molar-refractivity contribution is 5.95. The van der Waals surface area contributed by atoms with Crippen LogP contribution in [0.5, 0.6) is 0 Å². The molecule has 15 heavy (non-hydrogen) atoms. The van der Waals surface area contributed by atoms with E-state index in [-0.39, 0.29) is 5.78 Å². The highest BCUT2D eigenvalue weighted by atomic mass is 16.3. The van der Waals surface area contributed by atoms with Crippen molar-refractivity contribution in [1.82, 2.24) is 0 Å². The summed E-state index contributed by atoms with van der Waals surface area (Å²) in [5, 5.41) is 9.17. The summed E-state index contributed by atoms with van der Waals surface area (Å²) < 4.78 is 0. The third kappa shape index (κ3) is 3.68. The van der Waals surface area contributed by atoms with Crippen LogP contribution in [0.25, 0.3) is 0 Å². The average molecular weight is 204 g/mol. The number of carbonyl (C=O) groups is 1. The highest BCUT2D eigenvalue weighted by Crippen LogP contribution is 2.08. The fourth-order valence-corrected chi connectivity index (χ4v) is 1.30. The molecule has 1 atom stereocenters. The van der Waals surface area contributed by atoms with Crippen molar-refractivity contribution in [3.05, 3.63) is 48.0 Å². The Morgan fingerprint density at radius 3 is 2.53 bits per heavy atom. The molecule has 0 aliphatic heterocycles. The van der Waals surface area contributed by atoms with Crippen LogP contribution in [0.2, 0.25) is 0 Å². The van der Waals surface area contributed by atoms with Gasteiger partial charge in [0.15, 0.2) is 5.78 Å². The molecule has 2 nitrogen and oxygen atoms in total. The minimum Gasteiger partial charge on any atom is -0.389 e. The van der Waals surface area contributed by atoms with Gasteiger partial charge in [0.2, 0.25) is 0 Å². The minimum absolute atomic E-state index is 0.0612. The fourth-order valence-electron chi connectivity index (χ4n) is 1.30. The Morgan fingerprint density at radius 1 is 1.40 bits per heavy atom. The van der Waals surface area contributed by atoms with Crippen molar-refractivity contribution < 1.29 is 9.90 Å². The topological polar surface area (TPSA) is 37.3 Å². The number of Topliss-reactive ketones (excluding diaryl/α,β-unsaturated/α-hetero) is 1. The van der Waals surface area contributed by atoms with Crippen LogP contribution < -0.4 is 0 Å². The molecule has 1 aromatic carbocycles. The van der Waals surface area contributed by atoms with E-state index in [0.717, 1.165) is 5.56 Å². The normalized spacial score (nSPS) is 12.1. The standard InChI is InChI=1S/C13H16O2/c1-10(11(2)14)13(15)9-8-12-6-4-3-5-7-12/h3-7,11,14H,1,8-9H2,2H3. The van der Waals surface area contributed by atoms with Gasteiger partial charge in [-0.15, -0.1) is 0 Å². The molecule has 0 radical (unpaired) electrons. The van der Waals surface area contributed by atoms with Crippen molar-refractivity contribution in [3.63, 3.8) is 0 Å². The molecule has 0 saturated carbocycles. The Balaban J connectivity index is 2.45. The van der Waals surface area contributed by atoms with E-state index in [1.165, 1.54) is 0 Å². The van der Waals surface area contributed by atoms with Crippen LogP contribution in [-0.2, 0) is 11.2 Å². The molecule has 0 saturated heterocycles. The molecular weight excluding hydrogens is 188 g/mol. The van der Waals surface area contributed by atoms with Crippen molar-refractivity contribution >= 4 is 5.78 Å². The number of aliphatic hydroxyl groups is 1. The average Bonchev–Trinajstić information content (AvgIpc) is 2.26. The smallest absolute Gasteiger partial charge is 0.161 e. The number of aliphatic hydroxyl groups excluding tert-OH is 1. The van der Waals surface area contributed by atoms with Gasteiger partial charge in [-0.25, -0.2) is 0 Å². The Hall–Kier alpha value is -1.41. The third-order valence-electron chi connectivity index (χ3n) is 2.35. The maximum absolute atomic E-state index is 11.5. The Bertz CT molecular complexity index is 339. The molecule has 1 unspecified atom stereocenters. The number of hydrogen-bond donors (Lipinski definition) is 1. The first-order valence-corrected chi connectivity index (χ1v) is 5.05. The first kappa shape index (κ1) is 11.7. The summed E-state index contributed by atoms with van der Waals surface area (Å²) in [5.41, 5.74) is 1.43. The molecule has 2 heteroatoms. The molecular formula is C13H16O2. The van der Waals surface area contributed by atoms with Crippen LogP contribution in [0.1, 0.15) is 18.9 Å². The van der Waals surface area contributed by atoms with E-state index in [9.17, 15) is 4.79 Å². The van der Waals surface area contributed by atoms with Gasteiger partial charge in [-0.1, -0.05) is 36.9 Å². The summed E-state index contributed by atoms with van der Waals surface area (Å²) in [5.74, 6) is -0.0612. The molecule has 0 fully saturated rings. The second-order valence-corrected chi connectivity index (χ2v) is 3.61. The van der Waals surface area contributed by atoms with Crippen LogP contribution >= 0.6 is 0 Å². The summed E-state index contributed by atoms with van der Waals surface area (Å²) in [4.78, 5) is 11.5. The van der Waals surface area contributed by atoms with Gasteiger partial charge in [-0.05, 0) is 18.9 Å². The summed E-state index contributed by atoms with van der Waals surface area (Å²) in [7, 11) is 0. The van der Waals surface area contributed by atoms with Crippen LogP contribution in [0.15, 0.2) is 42.5 Å². The molecule has 0 amide bonds. The summed E-state index contributed by atoms with van der Waals surface area (Å²) in [6.07, 6.45) is 0.368. The quantitative estimate of drug-likeness (QED) is 0.746. The second-order valence-electron chi connectivity index (χ2n) is 3.61. The monoisotopic (exact) mass is 204 g/mol. The summed E-state index contributed by atoms with van der Waals surface area (Å²) in [6, 6.07) is 9.81. The van der Waals surface area contributed by atoms with Crippen LogP contribution in [-0.4, -0.2) is 17.0 Å². The zero-order chi connectivity index (χ0) is 11.3. The van der Waals surface area contributed by atoms with Gasteiger partial charge in [0.25, 0.3) is 0 Å². The number of hydrogen-bond acceptors (Lipinski definition) is 2. The lowest BCUT2D eigenvalue weighted by Crippen LogP contribution is -2.14. The van der Waals surface area contributed by atoms with Gasteiger partial charge in [-0.3, -0.25) is 4.79 Å². The van der Waals surface area contributed by atoms with E-state index in [2.05, 4.69) is 6.58 Å². The van der Waals surface area contributed by atoms with Crippen molar-refractivity contribution in [2.45, 2.75) is 25.9 Å². The van der Waals surface area contributed by atoms with E-state index in [4.69, 9.17) is 5.11 Å². The van der Waals surface area contributed by atoms with Gasteiger partial charge < -0.3 is 5.11 Å². The van der Waals surface area contributed by atoms with E-state index >= 15 is 0 Å². The molecule has 80 valence electrons. The summed E-state index contributed by atoms with van der Waals surface area (Å²) in [6.45, 7) is 5.13. The van der Waals surface area contributed by atoms with Crippen molar-refractivity contribution in [2.75, 3.05) is 0 Å². The zero-order valence-corrected chi connectivity index (χ0v) is 8.94. The number of aryl methyl sites for hydroxylation is 1. The largest absolute Gasteiger partial charge is 0.389 e. The van der Waals surface area contributed by atoms with Gasteiger partial charge in [0.05, 0.1) is 6.10 Å². The molecule has 1 aromatic rings. The maximum Gasteiger partial charge on any atom is 0.161 e. The van der Waals surface area contributed by atoms with Crippen molar-refractivity contribution in [3.8, 4) is 0 Å². The van der Waals surface area contributed by atoms with E-state index in [1.807, 2.05) is 30.3 Å². The molecule has 1 N–H and O–H groups in total. The lowest BCUT2D eigenvalue weighted by atomic mass is 10.0. The molecule has 0 aliphatic carbocycles. The molecule has 0 aliphatic rings. The number of benzene rings is 1. The lowest BCUT2D eigenvalue weighted by molar-refractivity contribution is -0.116. The molecule has 0 spiro atoms. The minimum atomic E-state index is -0.742. The highest BCUT2D eigenvalue weighted by Gasteiger charge is 2.11. The zero-order valence-electron chi connectivity index (χ0n) is 8.94. The van der Waals surface area contributed by atoms with Gasteiger partial charge in [0, 0.05) is 12.0 Å². The van der Waals surface area contributed by atoms with Crippen LogP contribution in [0.3, 0.4) is 0 Å². The van der Waals surface area contributed by atoms with Gasteiger partial charge in [0.1, 0.15) is 0 Å². The molecule has 1 rings (SSSR count). The number of rotatable bonds is 5. The fraction of sp³-hybridized carbons (Fsp3) is 0.308. The third-order valence-corrected chi connectivity index (χ3v) is 2.35. The Kier molecular flexibility index (Phi) is 4.25. The van der Waals surface area contributed by atoms with Gasteiger partial charge in [-0.2, -0.15) is 0 Å². The SMILES string of the molecule is C=C(C(=O)CCc1ccccc1)C(C)O. The number of carbonyl (C=O) groups excluding carboxylic acids is 1. The second kappa shape index (κ2) is 5.47. The molecule has 0 aromatic heterocycles. The van der Waals surface area contributed by atoms with Crippen LogP contribution in [0, 0.1) is 0 Å². The van der Waals surface area contributed by atoms with Crippen LogP contribution in [0.4, 0.5) is 0 Å². The predicted molar refractivity (Wildman–Crippen MR) is 60.6 cm³/mol. The lowest BCUT2D eigenvalue weighted by Gasteiger charge is -2.07. The van der Waals surface area contributed by atoms with Crippen molar-refractivity contribution in [2.24, 2.45) is 0 Å². The van der Waals surface area contributed by atoms with E-state index in [0.29, 0.717) is 18.4 Å². The van der Waals surface area contributed by atoms with Gasteiger partial charge >= 0.3 is 0 Å².